The summed E-state index contributed by atoms with van der Waals surface area (Å²) in [5, 5.41) is 9.46. The number of hydrogen-bond acceptors (Lipinski definition) is 5. The van der Waals surface area contributed by atoms with E-state index in [0.717, 1.165) is 49.8 Å². The predicted octanol–water partition coefficient (Wildman–Crippen LogP) is 4.01. The van der Waals surface area contributed by atoms with E-state index in [9.17, 15) is 0 Å². The van der Waals surface area contributed by atoms with Gasteiger partial charge >= 0.3 is 0 Å². The summed E-state index contributed by atoms with van der Waals surface area (Å²) in [5.41, 5.74) is 2.39. The zero-order valence-corrected chi connectivity index (χ0v) is 17.0. The Morgan fingerprint density at radius 3 is 2.41 bits per heavy atom. The first-order valence-electron chi connectivity index (χ1n) is 9.97. The summed E-state index contributed by atoms with van der Waals surface area (Å²) in [4.78, 5) is 2.50. The van der Waals surface area contributed by atoms with Crippen molar-refractivity contribution in [1.29, 1.82) is 0 Å². The van der Waals surface area contributed by atoms with Crippen molar-refractivity contribution in [1.82, 2.24) is 9.91 Å². The fourth-order valence-corrected chi connectivity index (χ4v) is 3.76. The maximum atomic E-state index is 5.36. The molecule has 1 aliphatic rings. The molecule has 3 aromatic carbocycles. The summed E-state index contributed by atoms with van der Waals surface area (Å²) in [7, 11) is 3.29. The SMILES string of the molecule is COc1ccc(/C=N\N2CCN(Cc3cccc4ccccc34)CC2)cc1OC. The third-order valence-corrected chi connectivity index (χ3v) is 5.40. The molecule has 0 unspecified atom stereocenters. The molecular weight excluding hydrogens is 362 g/mol. The first kappa shape index (κ1) is 19.3. The largest absolute Gasteiger partial charge is 0.493 e. The van der Waals surface area contributed by atoms with E-state index in [1.54, 1.807) is 14.2 Å². The average Bonchev–Trinajstić information content (AvgIpc) is 2.78. The van der Waals surface area contributed by atoms with Crippen molar-refractivity contribution in [3.63, 3.8) is 0 Å². The summed E-state index contributed by atoms with van der Waals surface area (Å²) in [5.74, 6) is 1.45. The van der Waals surface area contributed by atoms with Gasteiger partial charge < -0.3 is 9.47 Å². The van der Waals surface area contributed by atoms with Crippen LogP contribution in [-0.2, 0) is 6.54 Å². The van der Waals surface area contributed by atoms with E-state index in [1.165, 1.54) is 16.3 Å². The van der Waals surface area contributed by atoms with Gasteiger partial charge in [-0.05, 0) is 40.1 Å². The van der Waals surface area contributed by atoms with Crippen LogP contribution in [0.1, 0.15) is 11.1 Å². The second-order valence-corrected chi connectivity index (χ2v) is 7.23. The smallest absolute Gasteiger partial charge is 0.161 e. The van der Waals surface area contributed by atoms with E-state index in [2.05, 4.69) is 57.5 Å². The van der Waals surface area contributed by atoms with Gasteiger partial charge in [0, 0.05) is 32.7 Å². The van der Waals surface area contributed by atoms with E-state index in [0.29, 0.717) is 0 Å². The number of fused-ring (bicyclic) bond motifs is 1. The molecule has 0 radical (unpaired) electrons. The molecule has 0 aliphatic carbocycles. The molecule has 1 aliphatic heterocycles. The molecule has 1 saturated heterocycles. The van der Waals surface area contributed by atoms with Crippen molar-refractivity contribution in [2.45, 2.75) is 6.54 Å². The third-order valence-electron chi connectivity index (χ3n) is 5.40. The van der Waals surface area contributed by atoms with Gasteiger partial charge in [0.2, 0.25) is 0 Å². The van der Waals surface area contributed by atoms with E-state index in [-0.39, 0.29) is 0 Å². The van der Waals surface area contributed by atoms with Crippen molar-refractivity contribution in [3.8, 4) is 11.5 Å². The highest BCUT2D eigenvalue weighted by Crippen LogP contribution is 2.27. The molecule has 5 nitrogen and oxygen atoms in total. The normalized spacial score (nSPS) is 15.2. The number of benzene rings is 3. The van der Waals surface area contributed by atoms with Crippen molar-refractivity contribution in [3.05, 3.63) is 71.8 Å². The topological polar surface area (TPSA) is 37.3 Å². The van der Waals surface area contributed by atoms with Crippen LogP contribution in [0.2, 0.25) is 0 Å². The summed E-state index contributed by atoms with van der Waals surface area (Å²) in [6.07, 6.45) is 1.89. The molecule has 0 saturated carbocycles. The number of nitrogens with zero attached hydrogens (tertiary/aromatic N) is 3. The minimum atomic E-state index is 0.719. The molecule has 0 atom stereocenters. The van der Waals surface area contributed by atoms with Crippen LogP contribution in [0.25, 0.3) is 10.8 Å². The standard InChI is InChI=1S/C24H27N3O2/c1-28-23-11-10-19(16-24(23)29-2)17-25-27-14-12-26(13-15-27)18-21-8-5-7-20-6-3-4-9-22(20)21/h3-11,16-17H,12-15,18H2,1-2H3/b25-17-. The fourth-order valence-electron chi connectivity index (χ4n) is 3.76. The lowest BCUT2D eigenvalue weighted by atomic mass is 10.0. The Labute approximate surface area is 172 Å². The molecule has 0 aromatic heterocycles. The molecule has 0 amide bonds. The predicted molar refractivity (Wildman–Crippen MR) is 118 cm³/mol. The summed E-state index contributed by atoms with van der Waals surface area (Å²) >= 11 is 0. The zero-order chi connectivity index (χ0) is 20.1. The van der Waals surface area contributed by atoms with Gasteiger partial charge in [-0.15, -0.1) is 0 Å². The van der Waals surface area contributed by atoms with Crippen molar-refractivity contribution >= 4 is 17.0 Å². The molecule has 3 aromatic rings. The number of ether oxygens (including phenoxy) is 2. The van der Waals surface area contributed by atoms with Crippen molar-refractivity contribution in [2.75, 3.05) is 40.4 Å². The monoisotopic (exact) mass is 389 g/mol. The Bertz CT molecular complexity index is 989. The number of methoxy groups -OCH3 is 2. The summed E-state index contributed by atoms with van der Waals surface area (Å²) in [6.45, 7) is 4.84. The zero-order valence-electron chi connectivity index (χ0n) is 17.0. The Hall–Kier alpha value is -3.05. The molecule has 29 heavy (non-hydrogen) atoms. The maximum absolute atomic E-state index is 5.36. The Kier molecular flexibility index (Phi) is 5.96. The van der Waals surface area contributed by atoms with E-state index < -0.39 is 0 Å². The van der Waals surface area contributed by atoms with Gasteiger partial charge in [-0.1, -0.05) is 42.5 Å². The maximum Gasteiger partial charge on any atom is 0.161 e. The third kappa shape index (κ3) is 4.51. The van der Waals surface area contributed by atoms with Crippen LogP contribution in [0, 0.1) is 0 Å². The van der Waals surface area contributed by atoms with Crippen LogP contribution in [-0.4, -0.2) is 56.5 Å². The first-order valence-corrected chi connectivity index (χ1v) is 9.97. The minimum absolute atomic E-state index is 0.719. The second-order valence-electron chi connectivity index (χ2n) is 7.23. The van der Waals surface area contributed by atoms with Crippen molar-refractivity contribution in [2.24, 2.45) is 5.10 Å². The van der Waals surface area contributed by atoms with Crippen LogP contribution >= 0.6 is 0 Å². The molecule has 5 heteroatoms. The molecule has 150 valence electrons. The average molecular weight is 389 g/mol. The van der Waals surface area contributed by atoms with E-state index in [1.807, 2.05) is 24.4 Å². The molecular formula is C24H27N3O2. The molecule has 4 rings (SSSR count). The lowest BCUT2D eigenvalue weighted by molar-refractivity contribution is 0.131. The van der Waals surface area contributed by atoms with Gasteiger partial charge in [0.1, 0.15) is 0 Å². The fraction of sp³-hybridized carbons (Fsp3) is 0.292. The van der Waals surface area contributed by atoms with Gasteiger partial charge in [0.25, 0.3) is 0 Å². The van der Waals surface area contributed by atoms with Crippen molar-refractivity contribution < 1.29 is 9.47 Å². The van der Waals surface area contributed by atoms with Gasteiger partial charge in [0.05, 0.1) is 20.4 Å². The van der Waals surface area contributed by atoms with Gasteiger partial charge in [-0.3, -0.25) is 9.91 Å². The number of piperazine rings is 1. The number of hydrogen-bond donors (Lipinski definition) is 0. The molecule has 1 heterocycles. The highest BCUT2D eigenvalue weighted by molar-refractivity contribution is 5.85. The highest BCUT2D eigenvalue weighted by atomic mass is 16.5. The molecule has 1 fully saturated rings. The Morgan fingerprint density at radius 1 is 0.862 bits per heavy atom. The Balaban J connectivity index is 1.35. The van der Waals surface area contributed by atoms with Gasteiger partial charge in [-0.25, -0.2) is 0 Å². The number of rotatable bonds is 6. The number of hydrazone groups is 1. The summed E-state index contributed by atoms with van der Waals surface area (Å²) < 4.78 is 10.7. The lowest BCUT2D eigenvalue weighted by Crippen LogP contribution is -2.43. The lowest BCUT2D eigenvalue weighted by Gasteiger charge is -2.33. The van der Waals surface area contributed by atoms with Crippen LogP contribution in [0.4, 0.5) is 0 Å². The van der Waals surface area contributed by atoms with Crippen LogP contribution in [0.15, 0.2) is 65.8 Å². The van der Waals surface area contributed by atoms with Crippen LogP contribution in [0.5, 0.6) is 11.5 Å². The highest BCUT2D eigenvalue weighted by Gasteiger charge is 2.16. The van der Waals surface area contributed by atoms with Gasteiger partial charge in [-0.2, -0.15) is 5.10 Å². The Morgan fingerprint density at radius 2 is 1.62 bits per heavy atom. The van der Waals surface area contributed by atoms with E-state index in [4.69, 9.17) is 9.47 Å². The molecule has 0 bridgehead atoms. The molecule has 0 spiro atoms. The second kappa shape index (κ2) is 8.97. The first-order chi connectivity index (χ1) is 14.3. The van der Waals surface area contributed by atoms with Gasteiger partial charge in [0.15, 0.2) is 11.5 Å². The van der Waals surface area contributed by atoms with Crippen LogP contribution < -0.4 is 9.47 Å². The summed E-state index contributed by atoms with van der Waals surface area (Å²) in [6, 6.07) is 21.0. The van der Waals surface area contributed by atoms with E-state index >= 15 is 0 Å². The minimum Gasteiger partial charge on any atom is -0.493 e. The quantitative estimate of drug-likeness (QED) is 0.597. The van der Waals surface area contributed by atoms with Crippen LogP contribution in [0.3, 0.4) is 0 Å². The molecule has 0 N–H and O–H groups in total.